The number of aliphatic hydroxyl groups excluding tert-OH is 1. The van der Waals surface area contributed by atoms with Crippen molar-refractivity contribution in [1.82, 2.24) is 5.32 Å². The third-order valence-corrected chi connectivity index (χ3v) is 3.71. The second kappa shape index (κ2) is 9.29. The summed E-state index contributed by atoms with van der Waals surface area (Å²) >= 11 is 0. The van der Waals surface area contributed by atoms with Gasteiger partial charge in [0.2, 0.25) is 0 Å². The monoisotopic (exact) mass is 331 g/mol. The molecule has 0 radical (unpaired) electrons. The zero-order valence-corrected chi connectivity index (χ0v) is 13.5. The molecule has 5 nitrogen and oxygen atoms in total. The van der Waals surface area contributed by atoms with Crippen LogP contribution in [0.15, 0.2) is 18.2 Å². The Bertz CT molecular complexity index is 507. The number of aliphatic hydroxyl groups is 1. The molecule has 0 heterocycles. The fourth-order valence-electron chi connectivity index (χ4n) is 2.30. The van der Waals surface area contributed by atoms with E-state index in [2.05, 4.69) is 10.1 Å². The Hall–Kier alpha value is -1.89. The van der Waals surface area contributed by atoms with Crippen molar-refractivity contribution in [2.45, 2.75) is 39.4 Å². The van der Waals surface area contributed by atoms with Crippen molar-refractivity contribution < 1.29 is 28.2 Å². The maximum absolute atomic E-state index is 12.4. The Morgan fingerprint density at radius 1 is 1.26 bits per heavy atom. The Morgan fingerprint density at radius 2 is 1.91 bits per heavy atom. The minimum Gasteiger partial charge on any atom is -0.493 e. The van der Waals surface area contributed by atoms with Crippen LogP contribution in [0.3, 0.4) is 0 Å². The van der Waals surface area contributed by atoms with E-state index in [1.54, 1.807) is 0 Å². The van der Waals surface area contributed by atoms with Crippen LogP contribution < -0.4 is 14.8 Å². The smallest absolute Gasteiger partial charge is 0.387 e. The minimum atomic E-state index is -3.01. The van der Waals surface area contributed by atoms with E-state index >= 15 is 0 Å². The van der Waals surface area contributed by atoms with Gasteiger partial charge < -0.3 is 19.9 Å². The molecule has 0 aromatic heterocycles. The number of halogens is 2. The zero-order valence-electron chi connectivity index (χ0n) is 13.5. The molecule has 0 spiro atoms. The molecule has 2 N–H and O–H groups in total. The van der Waals surface area contributed by atoms with Crippen LogP contribution in [0, 0.1) is 5.92 Å². The Kier molecular flexibility index (Phi) is 7.74. The standard InChI is InChI=1S/C16H23F2NO4/c1-4-10(5-2)12(20)9-19-15(21)11-6-7-13(22-3)14(8-11)23-16(17)18/h6-8,10,12,16,20H,4-5,9H2,1-3H3,(H,19,21). The maximum Gasteiger partial charge on any atom is 0.387 e. The highest BCUT2D eigenvalue weighted by Crippen LogP contribution is 2.29. The molecule has 1 aromatic carbocycles. The summed E-state index contributed by atoms with van der Waals surface area (Å²) in [5.74, 6) is -0.477. The Morgan fingerprint density at radius 3 is 2.43 bits per heavy atom. The van der Waals surface area contributed by atoms with Crippen molar-refractivity contribution >= 4 is 5.91 Å². The number of ether oxygens (including phenoxy) is 2. The number of amides is 1. The summed E-state index contributed by atoms with van der Waals surface area (Å²) in [5, 5.41) is 12.6. The lowest BCUT2D eigenvalue weighted by molar-refractivity contribution is -0.0512. The normalized spacial score (nSPS) is 12.3. The first-order valence-electron chi connectivity index (χ1n) is 7.51. The van der Waals surface area contributed by atoms with Gasteiger partial charge >= 0.3 is 6.61 Å². The van der Waals surface area contributed by atoms with Crippen LogP contribution in [0.4, 0.5) is 8.78 Å². The highest BCUT2D eigenvalue weighted by Gasteiger charge is 2.18. The van der Waals surface area contributed by atoms with Gasteiger partial charge in [0.15, 0.2) is 11.5 Å². The van der Waals surface area contributed by atoms with Crippen LogP contribution in [0.2, 0.25) is 0 Å². The van der Waals surface area contributed by atoms with Crippen molar-refractivity contribution in [1.29, 1.82) is 0 Å². The molecule has 0 saturated carbocycles. The van der Waals surface area contributed by atoms with E-state index in [9.17, 15) is 18.7 Å². The van der Waals surface area contributed by atoms with Crippen molar-refractivity contribution in [2.24, 2.45) is 5.92 Å². The van der Waals surface area contributed by atoms with Crippen molar-refractivity contribution in [3.8, 4) is 11.5 Å². The lowest BCUT2D eigenvalue weighted by Crippen LogP contribution is -2.36. The highest BCUT2D eigenvalue weighted by molar-refractivity contribution is 5.94. The van der Waals surface area contributed by atoms with Gasteiger partial charge in [-0.15, -0.1) is 0 Å². The van der Waals surface area contributed by atoms with Crippen molar-refractivity contribution in [3.63, 3.8) is 0 Å². The predicted molar refractivity (Wildman–Crippen MR) is 82.0 cm³/mol. The summed E-state index contributed by atoms with van der Waals surface area (Å²) < 4.78 is 34.0. The molecule has 1 unspecified atom stereocenters. The van der Waals surface area contributed by atoms with Crippen LogP contribution in [0.25, 0.3) is 0 Å². The third kappa shape index (κ3) is 5.67. The molecular formula is C16H23F2NO4. The summed E-state index contributed by atoms with van der Waals surface area (Å²) in [7, 11) is 1.32. The average Bonchev–Trinajstić information content (AvgIpc) is 2.53. The molecule has 1 aromatic rings. The number of benzene rings is 1. The van der Waals surface area contributed by atoms with Crippen molar-refractivity contribution in [2.75, 3.05) is 13.7 Å². The van der Waals surface area contributed by atoms with Crippen LogP contribution in [-0.4, -0.2) is 37.4 Å². The number of rotatable bonds is 9. The molecule has 130 valence electrons. The lowest BCUT2D eigenvalue weighted by atomic mass is 9.96. The maximum atomic E-state index is 12.4. The molecule has 0 aliphatic carbocycles. The van der Waals surface area contributed by atoms with Gasteiger partial charge in [-0.3, -0.25) is 4.79 Å². The van der Waals surface area contributed by atoms with Gasteiger partial charge in [-0.1, -0.05) is 26.7 Å². The number of methoxy groups -OCH3 is 1. The van der Waals surface area contributed by atoms with E-state index in [0.717, 1.165) is 12.8 Å². The molecular weight excluding hydrogens is 308 g/mol. The first-order chi connectivity index (χ1) is 10.9. The fourth-order valence-corrected chi connectivity index (χ4v) is 2.30. The lowest BCUT2D eigenvalue weighted by Gasteiger charge is -2.20. The van der Waals surface area contributed by atoms with Gasteiger partial charge in [0.25, 0.3) is 5.91 Å². The van der Waals surface area contributed by atoms with Crippen LogP contribution >= 0.6 is 0 Å². The predicted octanol–water partition coefficient (Wildman–Crippen LogP) is 2.82. The zero-order chi connectivity index (χ0) is 17.4. The Balaban J connectivity index is 2.76. The minimum absolute atomic E-state index is 0.0995. The third-order valence-electron chi connectivity index (χ3n) is 3.71. The summed E-state index contributed by atoms with van der Waals surface area (Å²) in [6, 6.07) is 4.00. The molecule has 1 atom stereocenters. The molecule has 23 heavy (non-hydrogen) atoms. The van der Waals surface area contributed by atoms with Gasteiger partial charge in [-0.05, 0) is 24.1 Å². The second-order valence-corrected chi connectivity index (χ2v) is 5.10. The van der Waals surface area contributed by atoms with Crippen LogP contribution in [0.1, 0.15) is 37.0 Å². The molecule has 7 heteroatoms. The topological polar surface area (TPSA) is 67.8 Å². The SMILES string of the molecule is CCC(CC)C(O)CNC(=O)c1ccc(OC)c(OC(F)F)c1. The van der Waals surface area contributed by atoms with Crippen LogP contribution in [-0.2, 0) is 0 Å². The average molecular weight is 331 g/mol. The van der Waals surface area contributed by atoms with E-state index in [1.165, 1.54) is 25.3 Å². The molecule has 0 saturated heterocycles. The van der Waals surface area contributed by atoms with Gasteiger partial charge in [0.1, 0.15) is 0 Å². The highest BCUT2D eigenvalue weighted by atomic mass is 19.3. The molecule has 1 amide bonds. The van der Waals surface area contributed by atoms with E-state index in [4.69, 9.17) is 4.74 Å². The van der Waals surface area contributed by atoms with Gasteiger partial charge in [-0.25, -0.2) is 0 Å². The number of carbonyl (C=O) groups is 1. The number of carbonyl (C=O) groups excluding carboxylic acids is 1. The fraction of sp³-hybridized carbons (Fsp3) is 0.562. The second-order valence-electron chi connectivity index (χ2n) is 5.10. The number of hydrogen-bond donors (Lipinski definition) is 2. The number of nitrogens with one attached hydrogen (secondary N) is 1. The van der Waals surface area contributed by atoms with E-state index < -0.39 is 18.6 Å². The largest absolute Gasteiger partial charge is 0.493 e. The van der Waals surface area contributed by atoms with Gasteiger partial charge in [0, 0.05) is 12.1 Å². The summed E-state index contributed by atoms with van der Waals surface area (Å²) in [6.45, 7) is 1.02. The molecule has 0 bridgehead atoms. The first kappa shape index (κ1) is 19.2. The molecule has 0 aliphatic heterocycles. The molecule has 1 rings (SSSR count). The summed E-state index contributed by atoms with van der Waals surface area (Å²) in [6.07, 6.45) is 0.967. The summed E-state index contributed by atoms with van der Waals surface area (Å²) in [5.41, 5.74) is 0.151. The van der Waals surface area contributed by atoms with E-state index in [1.807, 2.05) is 13.8 Å². The van der Waals surface area contributed by atoms with E-state index in [-0.39, 0.29) is 29.5 Å². The van der Waals surface area contributed by atoms with Gasteiger partial charge in [0.05, 0.1) is 13.2 Å². The Labute approximate surface area is 134 Å². The number of alkyl halides is 2. The number of hydrogen-bond acceptors (Lipinski definition) is 4. The summed E-state index contributed by atoms with van der Waals surface area (Å²) in [4.78, 5) is 12.1. The first-order valence-corrected chi connectivity index (χ1v) is 7.51. The molecule has 0 fully saturated rings. The van der Waals surface area contributed by atoms with Crippen LogP contribution in [0.5, 0.6) is 11.5 Å². The van der Waals surface area contributed by atoms with E-state index in [0.29, 0.717) is 0 Å². The van der Waals surface area contributed by atoms with Gasteiger partial charge in [-0.2, -0.15) is 8.78 Å². The van der Waals surface area contributed by atoms with Crippen molar-refractivity contribution in [3.05, 3.63) is 23.8 Å². The quantitative estimate of drug-likeness (QED) is 0.730. The molecule has 0 aliphatic rings.